The van der Waals surface area contributed by atoms with Crippen LogP contribution in [0.2, 0.25) is 0 Å². The maximum Gasteiger partial charge on any atom is 0.331 e. The standard InChI is InChI=1S/C16H22O7/c1-4-5-15(19)22-12(10(2)17)6-7-13(21-11(3)18)14-8-9-16(20)23-14/h4-7,10,12-14,17H,8-9H2,1-3H3/b5-4+,7-6+/t10-,12+,13-,14+/m1/s1. The summed E-state index contributed by atoms with van der Waals surface area (Å²) in [5.41, 5.74) is 0. The van der Waals surface area contributed by atoms with Crippen LogP contribution >= 0.6 is 0 Å². The summed E-state index contributed by atoms with van der Waals surface area (Å²) in [7, 11) is 0. The summed E-state index contributed by atoms with van der Waals surface area (Å²) < 4.78 is 15.3. The van der Waals surface area contributed by atoms with E-state index in [1.807, 2.05) is 0 Å². The van der Waals surface area contributed by atoms with Crippen molar-refractivity contribution in [1.82, 2.24) is 0 Å². The number of carbonyl (C=O) groups is 3. The topological polar surface area (TPSA) is 99.1 Å². The Morgan fingerprint density at radius 1 is 1.35 bits per heavy atom. The van der Waals surface area contributed by atoms with Crippen LogP contribution < -0.4 is 0 Å². The van der Waals surface area contributed by atoms with Crippen LogP contribution in [0.3, 0.4) is 0 Å². The summed E-state index contributed by atoms with van der Waals surface area (Å²) in [6.07, 6.45) is 3.08. The van der Waals surface area contributed by atoms with E-state index in [9.17, 15) is 19.5 Å². The largest absolute Gasteiger partial charge is 0.458 e. The molecule has 1 aliphatic heterocycles. The average Bonchev–Trinajstić information content (AvgIpc) is 2.88. The molecule has 1 heterocycles. The van der Waals surface area contributed by atoms with Crippen LogP contribution in [0.5, 0.6) is 0 Å². The van der Waals surface area contributed by atoms with Gasteiger partial charge < -0.3 is 19.3 Å². The third-order valence-corrected chi connectivity index (χ3v) is 3.11. The summed E-state index contributed by atoms with van der Waals surface area (Å²) in [6.45, 7) is 4.38. The first-order valence-electron chi connectivity index (χ1n) is 7.40. The smallest absolute Gasteiger partial charge is 0.331 e. The molecule has 0 aromatic rings. The van der Waals surface area contributed by atoms with E-state index >= 15 is 0 Å². The number of hydrogen-bond acceptors (Lipinski definition) is 7. The first kappa shape index (κ1) is 18.9. The van der Waals surface area contributed by atoms with Gasteiger partial charge in [0.15, 0.2) is 6.10 Å². The quantitative estimate of drug-likeness (QED) is 0.323. The molecular formula is C16H22O7. The van der Waals surface area contributed by atoms with E-state index in [0.717, 1.165) is 0 Å². The molecule has 1 rings (SSSR count). The van der Waals surface area contributed by atoms with Crippen molar-refractivity contribution in [2.24, 2.45) is 0 Å². The van der Waals surface area contributed by atoms with E-state index in [4.69, 9.17) is 14.2 Å². The van der Waals surface area contributed by atoms with E-state index in [1.165, 1.54) is 38.2 Å². The first-order valence-corrected chi connectivity index (χ1v) is 7.40. The van der Waals surface area contributed by atoms with Crippen molar-refractivity contribution in [2.75, 3.05) is 0 Å². The number of allylic oxidation sites excluding steroid dienone is 1. The zero-order valence-corrected chi connectivity index (χ0v) is 13.4. The summed E-state index contributed by atoms with van der Waals surface area (Å²) in [4.78, 5) is 33.9. The van der Waals surface area contributed by atoms with Gasteiger partial charge in [-0.3, -0.25) is 9.59 Å². The number of aliphatic hydroxyl groups excluding tert-OH is 1. The first-order chi connectivity index (χ1) is 10.8. The van der Waals surface area contributed by atoms with Gasteiger partial charge in [0, 0.05) is 19.4 Å². The minimum atomic E-state index is -0.954. The van der Waals surface area contributed by atoms with Gasteiger partial charge in [-0.15, -0.1) is 0 Å². The lowest BCUT2D eigenvalue weighted by Gasteiger charge is -2.21. The van der Waals surface area contributed by atoms with Gasteiger partial charge in [0.2, 0.25) is 0 Å². The molecule has 0 spiro atoms. The van der Waals surface area contributed by atoms with Crippen LogP contribution in [0.15, 0.2) is 24.3 Å². The van der Waals surface area contributed by atoms with Crippen molar-refractivity contribution < 1.29 is 33.7 Å². The van der Waals surface area contributed by atoms with Crippen LogP contribution in [0.1, 0.15) is 33.6 Å². The molecule has 0 aliphatic carbocycles. The third kappa shape index (κ3) is 6.65. The van der Waals surface area contributed by atoms with Crippen molar-refractivity contribution >= 4 is 17.9 Å². The summed E-state index contributed by atoms with van der Waals surface area (Å²) in [5.74, 6) is -1.48. The molecule has 4 atom stereocenters. The predicted molar refractivity (Wildman–Crippen MR) is 80.2 cm³/mol. The number of rotatable bonds is 7. The molecule has 1 saturated heterocycles. The van der Waals surface area contributed by atoms with Gasteiger partial charge in [0.25, 0.3) is 0 Å². The maximum absolute atomic E-state index is 11.5. The SMILES string of the molecule is C/C=C/C(=O)O[C@@H](/C=C/[C@@H](OC(C)=O)[C@@H]1CCC(=O)O1)[C@@H](C)O. The van der Waals surface area contributed by atoms with E-state index in [1.54, 1.807) is 6.92 Å². The molecule has 0 amide bonds. The molecule has 0 bridgehead atoms. The fraction of sp³-hybridized carbons (Fsp3) is 0.562. The number of carbonyl (C=O) groups excluding carboxylic acids is 3. The van der Waals surface area contributed by atoms with E-state index < -0.39 is 36.4 Å². The lowest BCUT2D eigenvalue weighted by molar-refractivity contribution is -0.156. The summed E-state index contributed by atoms with van der Waals surface area (Å²) in [5, 5.41) is 9.69. The van der Waals surface area contributed by atoms with Crippen LogP contribution in [0, 0.1) is 0 Å². The Hall–Kier alpha value is -2.15. The number of esters is 3. The second kappa shape index (κ2) is 9.09. The second-order valence-corrected chi connectivity index (χ2v) is 5.17. The minimum absolute atomic E-state index is 0.256. The molecule has 23 heavy (non-hydrogen) atoms. The fourth-order valence-electron chi connectivity index (χ4n) is 2.04. The second-order valence-electron chi connectivity index (χ2n) is 5.17. The van der Waals surface area contributed by atoms with Gasteiger partial charge >= 0.3 is 17.9 Å². The Bertz CT molecular complexity index is 493. The Morgan fingerprint density at radius 3 is 2.52 bits per heavy atom. The molecule has 1 fully saturated rings. The highest BCUT2D eigenvalue weighted by atomic mass is 16.6. The maximum atomic E-state index is 11.5. The normalized spacial score (nSPS) is 21.9. The molecule has 0 unspecified atom stereocenters. The van der Waals surface area contributed by atoms with E-state index in [-0.39, 0.29) is 12.4 Å². The molecule has 1 N–H and O–H groups in total. The van der Waals surface area contributed by atoms with Gasteiger partial charge in [-0.1, -0.05) is 6.08 Å². The third-order valence-electron chi connectivity index (χ3n) is 3.11. The minimum Gasteiger partial charge on any atom is -0.458 e. The van der Waals surface area contributed by atoms with Crippen molar-refractivity contribution in [2.45, 2.75) is 58.0 Å². The highest BCUT2D eigenvalue weighted by Gasteiger charge is 2.32. The van der Waals surface area contributed by atoms with Crippen molar-refractivity contribution in [3.8, 4) is 0 Å². The molecule has 128 valence electrons. The number of cyclic esters (lactones) is 1. The van der Waals surface area contributed by atoms with Crippen molar-refractivity contribution in [3.05, 3.63) is 24.3 Å². The fourth-order valence-corrected chi connectivity index (χ4v) is 2.04. The average molecular weight is 326 g/mol. The number of hydrogen-bond donors (Lipinski definition) is 1. The van der Waals surface area contributed by atoms with Crippen molar-refractivity contribution in [3.63, 3.8) is 0 Å². The highest BCUT2D eigenvalue weighted by molar-refractivity contribution is 5.82. The molecule has 0 aromatic heterocycles. The molecule has 7 nitrogen and oxygen atoms in total. The Kier molecular flexibility index (Phi) is 7.47. The number of aliphatic hydroxyl groups is 1. The van der Waals surface area contributed by atoms with Gasteiger partial charge in [-0.05, 0) is 32.4 Å². The molecule has 0 aromatic carbocycles. The van der Waals surface area contributed by atoms with Crippen molar-refractivity contribution in [1.29, 1.82) is 0 Å². The zero-order chi connectivity index (χ0) is 17.4. The molecular weight excluding hydrogens is 304 g/mol. The van der Waals surface area contributed by atoms with Crippen LogP contribution in [-0.2, 0) is 28.6 Å². The Labute approximate surface area is 134 Å². The van der Waals surface area contributed by atoms with Crippen LogP contribution in [0.25, 0.3) is 0 Å². The van der Waals surface area contributed by atoms with Gasteiger partial charge in [-0.25, -0.2) is 4.79 Å². The monoisotopic (exact) mass is 326 g/mol. The lowest BCUT2D eigenvalue weighted by atomic mass is 10.1. The Morgan fingerprint density at radius 2 is 2.04 bits per heavy atom. The van der Waals surface area contributed by atoms with Gasteiger partial charge in [-0.2, -0.15) is 0 Å². The molecule has 0 saturated carbocycles. The summed E-state index contributed by atoms with van der Waals surface area (Å²) >= 11 is 0. The Balaban J connectivity index is 2.80. The van der Waals surface area contributed by atoms with E-state index in [0.29, 0.717) is 6.42 Å². The summed E-state index contributed by atoms with van der Waals surface area (Å²) in [6, 6.07) is 0. The zero-order valence-electron chi connectivity index (χ0n) is 13.4. The highest BCUT2D eigenvalue weighted by Crippen LogP contribution is 2.21. The van der Waals surface area contributed by atoms with Crippen LogP contribution in [-0.4, -0.2) is 47.4 Å². The lowest BCUT2D eigenvalue weighted by Crippen LogP contribution is -2.31. The number of ether oxygens (including phenoxy) is 3. The van der Waals surface area contributed by atoms with E-state index in [2.05, 4.69) is 0 Å². The molecule has 1 aliphatic rings. The predicted octanol–water partition coefficient (Wildman–Crippen LogP) is 1.05. The molecule has 0 radical (unpaired) electrons. The van der Waals surface area contributed by atoms with Gasteiger partial charge in [0.1, 0.15) is 12.2 Å². The van der Waals surface area contributed by atoms with Crippen LogP contribution in [0.4, 0.5) is 0 Å². The molecule has 7 heteroatoms. The van der Waals surface area contributed by atoms with Gasteiger partial charge in [0.05, 0.1) is 6.10 Å².